The topological polar surface area (TPSA) is 91.3 Å². The molecule has 0 radical (unpaired) electrons. The minimum atomic E-state index is -1.21. The van der Waals surface area contributed by atoms with Gasteiger partial charge in [-0.1, -0.05) is 29.0 Å². The van der Waals surface area contributed by atoms with Crippen LogP contribution in [0.15, 0.2) is 18.3 Å². The van der Waals surface area contributed by atoms with E-state index >= 15 is 0 Å². The highest BCUT2D eigenvalue weighted by Crippen LogP contribution is 2.24. The molecule has 1 heterocycles. The number of anilines is 2. The average molecular weight is 305 g/mol. The molecule has 0 spiro atoms. The zero-order valence-electron chi connectivity index (χ0n) is 11.9. The molecule has 0 aliphatic rings. The standard InChI is InChI=1S/C14H15N3O3S/c1-7-4-8(2)11(9(3)5-7)16-12(18)10-6-15-13(21-10)17-14(19)20/h4-6H,1-3H3,(H,15,17)(H,16,18)(H,19,20). The zero-order chi connectivity index (χ0) is 15.6. The van der Waals surface area contributed by atoms with E-state index in [4.69, 9.17) is 5.11 Å². The Bertz CT molecular complexity index is 686. The number of nitrogens with one attached hydrogen (secondary N) is 2. The van der Waals surface area contributed by atoms with Gasteiger partial charge >= 0.3 is 6.09 Å². The minimum absolute atomic E-state index is 0.171. The summed E-state index contributed by atoms with van der Waals surface area (Å²) in [4.78, 5) is 26.9. The fraction of sp³-hybridized carbons (Fsp3) is 0.214. The van der Waals surface area contributed by atoms with Crippen LogP contribution in [0.5, 0.6) is 0 Å². The lowest BCUT2D eigenvalue weighted by Gasteiger charge is -2.11. The first-order valence-corrected chi connectivity index (χ1v) is 7.03. The van der Waals surface area contributed by atoms with E-state index in [2.05, 4.69) is 15.6 Å². The molecular weight excluding hydrogens is 290 g/mol. The van der Waals surface area contributed by atoms with Crippen LogP contribution < -0.4 is 10.6 Å². The Kier molecular flexibility index (Phi) is 4.23. The Labute approximate surface area is 125 Å². The van der Waals surface area contributed by atoms with Crippen molar-refractivity contribution >= 4 is 34.2 Å². The van der Waals surface area contributed by atoms with Crippen LogP contribution in [-0.4, -0.2) is 22.1 Å². The first-order chi connectivity index (χ1) is 9.86. The van der Waals surface area contributed by atoms with Crippen LogP contribution >= 0.6 is 11.3 Å². The van der Waals surface area contributed by atoms with Gasteiger partial charge in [0.2, 0.25) is 0 Å². The van der Waals surface area contributed by atoms with Gasteiger partial charge in [0, 0.05) is 5.69 Å². The summed E-state index contributed by atoms with van der Waals surface area (Å²) in [7, 11) is 0. The first-order valence-electron chi connectivity index (χ1n) is 6.22. The molecular formula is C14H15N3O3S. The summed E-state index contributed by atoms with van der Waals surface area (Å²) in [6.07, 6.45) is 0.144. The van der Waals surface area contributed by atoms with Crippen LogP contribution in [0.4, 0.5) is 15.6 Å². The lowest BCUT2D eigenvalue weighted by molar-refractivity contribution is 0.103. The second-order valence-corrected chi connectivity index (χ2v) is 5.72. The quantitative estimate of drug-likeness (QED) is 0.810. The van der Waals surface area contributed by atoms with Crippen LogP contribution in [0, 0.1) is 20.8 Å². The van der Waals surface area contributed by atoms with E-state index in [0.29, 0.717) is 4.88 Å². The highest BCUT2D eigenvalue weighted by atomic mass is 32.1. The van der Waals surface area contributed by atoms with E-state index < -0.39 is 6.09 Å². The van der Waals surface area contributed by atoms with Gasteiger partial charge in [0.1, 0.15) is 4.88 Å². The largest absolute Gasteiger partial charge is 0.465 e. The van der Waals surface area contributed by atoms with E-state index in [0.717, 1.165) is 33.7 Å². The summed E-state index contributed by atoms with van der Waals surface area (Å²) in [5.74, 6) is -0.305. The number of aryl methyl sites for hydroxylation is 3. The minimum Gasteiger partial charge on any atom is -0.465 e. The Morgan fingerprint density at radius 3 is 2.33 bits per heavy atom. The third-order valence-electron chi connectivity index (χ3n) is 2.86. The Balaban J connectivity index is 2.18. The van der Waals surface area contributed by atoms with E-state index in [1.54, 1.807) is 0 Å². The molecule has 3 N–H and O–H groups in total. The van der Waals surface area contributed by atoms with Crippen LogP contribution in [0.1, 0.15) is 26.4 Å². The Morgan fingerprint density at radius 1 is 1.14 bits per heavy atom. The van der Waals surface area contributed by atoms with Crippen molar-refractivity contribution in [3.8, 4) is 0 Å². The van der Waals surface area contributed by atoms with E-state index in [-0.39, 0.29) is 11.0 Å². The summed E-state index contributed by atoms with van der Waals surface area (Å²) < 4.78 is 0. The molecule has 21 heavy (non-hydrogen) atoms. The summed E-state index contributed by atoms with van der Waals surface area (Å²) in [5, 5.41) is 13.7. The van der Waals surface area contributed by atoms with E-state index in [1.165, 1.54) is 6.20 Å². The fourth-order valence-electron chi connectivity index (χ4n) is 2.08. The van der Waals surface area contributed by atoms with Crippen LogP contribution in [-0.2, 0) is 0 Å². The van der Waals surface area contributed by atoms with Gasteiger partial charge in [0.15, 0.2) is 5.13 Å². The van der Waals surface area contributed by atoms with Gasteiger partial charge in [0.25, 0.3) is 5.91 Å². The lowest BCUT2D eigenvalue weighted by Crippen LogP contribution is -2.12. The Morgan fingerprint density at radius 2 is 1.76 bits per heavy atom. The third kappa shape index (κ3) is 3.57. The van der Waals surface area contributed by atoms with Gasteiger partial charge in [-0.05, 0) is 31.9 Å². The predicted molar refractivity (Wildman–Crippen MR) is 82.4 cm³/mol. The number of hydrogen-bond donors (Lipinski definition) is 3. The number of rotatable bonds is 3. The van der Waals surface area contributed by atoms with Gasteiger partial charge in [-0.2, -0.15) is 0 Å². The molecule has 6 nitrogen and oxygen atoms in total. The molecule has 1 aromatic carbocycles. The number of carbonyl (C=O) groups is 2. The summed E-state index contributed by atoms with van der Waals surface area (Å²) in [6, 6.07) is 3.99. The van der Waals surface area contributed by atoms with Gasteiger partial charge in [-0.25, -0.2) is 9.78 Å². The number of aromatic nitrogens is 1. The third-order valence-corrected chi connectivity index (χ3v) is 3.77. The maximum atomic E-state index is 12.2. The van der Waals surface area contributed by atoms with Gasteiger partial charge < -0.3 is 10.4 Å². The Hall–Kier alpha value is -2.41. The molecule has 0 aliphatic carbocycles. The molecule has 0 saturated heterocycles. The molecule has 1 aromatic heterocycles. The monoisotopic (exact) mass is 305 g/mol. The molecule has 2 aromatic rings. The fourth-order valence-corrected chi connectivity index (χ4v) is 2.78. The smallest absolute Gasteiger partial charge is 0.410 e. The molecule has 110 valence electrons. The normalized spacial score (nSPS) is 10.2. The predicted octanol–water partition coefficient (Wildman–Crippen LogP) is 3.41. The van der Waals surface area contributed by atoms with Crippen molar-refractivity contribution in [1.82, 2.24) is 4.98 Å². The number of carboxylic acid groups (broad SMARTS) is 1. The zero-order valence-corrected chi connectivity index (χ0v) is 12.7. The molecule has 0 fully saturated rings. The molecule has 0 atom stereocenters. The first kappa shape index (κ1) is 15.0. The molecule has 7 heteroatoms. The van der Waals surface area contributed by atoms with Crippen molar-refractivity contribution in [3.05, 3.63) is 39.9 Å². The lowest BCUT2D eigenvalue weighted by atomic mass is 10.1. The van der Waals surface area contributed by atoms with Gasteiger partial charge in [0.05, 0.1) is 6.20 Å². The van der Waals surface area contributed by atoms with E-state index in [9.17, 15) is 9.59 Å². The summed E-state index contributed by atoms with van der Waals surface area (Å²) >= 11 is 0.988. The van der Waals surface area contributed by atoms with Gasteiger partial charge in [-0.3, -0.25) is 10.1 Å². The van der Waals surface area contributed by atoms with Crippen molar-refractivity contribution in [3.63, 3.8) is 0 Å². The molecule has 2 amide bonds. The number of benzene rings is 1. The number of carbonyl (C=O) groups excluding carboxylic acids is 1. The van der Waals surface area contributed by atoms with Crippen molar-refractivity contribution in [2.75, 3.05) is 10.6 Å². The van der Waals surface area contributed by atoms with Crippen molar-refractivity contribution in [1.29, 1.82) is 0 Å². The highest BCUT2D eigenvalue weighted by Gasteiger charge is 2.14. The molecule has 0 aliphatic heterocycles. The molecule has 0 bridgehead atoms. The number of hydrogen-bond acceptors (Lipinski definition) is 4. The van der Waals surface area contributed by atoms with Crippen LogP contribution in [0.2, 0.25) is 0 Å². The van der Waals surface area contributed by atoms with Crippen molar-refractivity contribution in [2.45, 2.75) is 20.8 Å². The molecule has 0 saturated carbocycles. The number of thiazole rings is 1. The second-order valence-electron chi connectivity index (χ2n) is 4.69. The van der Waals surface area contributed by atoms with Gasteiger partial charge in [-0.15, -0.1) is 0 Å². The number of amides is 2. The van der Waals surface area contributed by atoms with Crippen LogP contribution in [0.3, 0.4) is 0 Å². The highest BCUT2D eigenvalue weighted by molar-refractivity contribution is 7.17. The maximum Gasteiger partial charge on any atom is 0.410 e. The van der Waals surface area contributed by atoms with Crippen molar-refractivity contribution < 1.29 is 14.7 Å². The molecule has 2 rings (SSSR count). The molecule has 0 unspecified atom stereocenters. The second kappa shape index (κ2) is 5.92. The SMILES string of the molecule is Cc1cc(C)c(NC(=O)c2cnc(NC(=O)O)s2)c(C)c1. The van der Waals surface area contributed by atoms with E-state index in [1.807, 2.05) is 32.9 Å². The maximum absolute atomic E-state index is 12.2. The van der Waals surface area contributed by atoms with Crippen molar-refractivity contribution in [2.24, 2.45) is 0 Å². The van der Waals surface area contributed by atoms with Crippen LogP contribution in [0.25, 0.3) is 0 Å². The summed E-state index contributed by atoms with van der Waals surface area (Å²) in [5.41, 5.74) is 3.86. The number of nitrogens with zero attached hydrogens (tertiary/aromatic N) is 1. The summed E-state index contributed by atoms with van der Waals surface area (Å²) in [6.45, 7) is 5.86. The average Bonchev–Trinajstić information content (AvgIpc) is 2.81.